The molecule has 1 aromatic rings. The molecule has 0 saturated carbocycles. The SMILES string of the molecule is CCCCC/C=C/C1COC(=O)N1S(=O)(=O)c1ccc(C)cc1. The molecule has 0 spiro atoms. The van der Waals surface area contributed by atoms with Crippen molar-refractivity contribution in [2.75, 3.05) is 6.61 Å². The first kappa shape index (κ1) is 17.5. The fourth-order valence-corrected chi connectivity index (χ4v) is 3.87. The van der Waals surface area contributed by atoms with Crippen molar-refractivity contribution in [1.82, 2.24) is 4.31 Å². The lowest BCUT2D eigenvalue weighted by atomic mass is 10.2. The third-order valence-electron chi connectivity index (χ3n) is 3.77. The van der Waals surface area contributed by atoms with E-state index in [1.54, 1.807) is 18.2 Å². The molecule has 2 rings (SSSR count). The summed E-state index contributed by atoms with van der Waals surface area (Å²) >= 11 is 0. The van der Waals surface area contributed by atoms with E-state index in [-0.39, 0.29) is 11.5 Å². The summed E-state index contributed by atoms with van der Waals surface area (Å²) in [4.78, 5) is 12.0. The average Bonchev–Trinajstić information content (AvgIpc) is 2.89. The predicted octanol–water partition coefficient (Wildman–Crippen LogP) is 3.64. The zero-order valence-electron chi connectivity index (χ0n) is 13.6. The lowest BCUT2D eigenvalue weighted by molar-refractivity contribution is 0.170. The molecule has 1 heterocycles. The second kappa shape index (κ2) is 7.64. The highest BCUT2D eigenvalue weighted by molar-refractivity contribution is 7.89. The normalized spacial score (nSPS) is 18.6. The van der Waals surface area contributed by atoms with Crippen LogP contribution < -0.4 is 0 Å². The van der Waals surface area contributed by atoms with Gasteiger partial charge in [-0.1, -0.05) is 49.6 Å². The summed E-state index contributed by atoms with van der Waals surface area (Å²) in [6.07, 6.45) is 7.07. The lowest BCUT2D eigenvalue weighted by Crippen LogP contribution is -2.37. The van der Waals surface area contributed by atoms with Gasteiger partial charge in [0.1, 0.15) is 12.6 Å². The second-order valence-electron chi connectivity index (χ2n) is 5.68. The Labute approximate surface area is 138 Å². The van der Waals surface area contributed by atoms with Crippen molar-refractivity contribution in [3.63, 3.8) is 0 Å². The van der Waals surface area contributed by atoms with Crippen LogP contribution in [0.2, 0.25) is 0 Å². The van der Waals surface area contributed by atoms with E-state index in [0.29, 0.717) is 0 Å². The van der Waals surface area contributed by atoms with Crippen LogP contribution in [0, 0.1) is 6.92 Å². The number of unbranched alkanes of at least 4 members (excludes halogenated alkanes) is 3. The van der Waals surface area contributed by atoms with Gasteiger partial charge in [-0.05, 0) is 31.9 Å². The maximum absolute atomic E-state index is 12.7. The van der Waals surface area contributed by atoms with Crippen LogP contribution in [-0.4, -0.2) is 31.5 Å². The van der Waals surface area contributed by atoms with Crippen LogP contribution in [-0.2, 0) is 14.8 Å². The molecule has 5 nitrogen and oxygen atoms in total. The van der Waals surface area contributed by atoms with Crippen LogP contribution in [0.25, 0.3) is 0 Å². The fraction of sp³-hybridized carbons (Fsp3) is 0.471. The monoisotopic (exact) mass is 337 g/mol. The van der Waals surface area contributed by atoms with E-state index in [2.05, 4.69) is 6.92 Å². The summed E-state index contributed by atoms with van der Waals surface area (Å²) < 4.78 is 31.2. The molecule has 1 fully saturated rings. The van der Waals surface area contributed by atoms with Crippen molar-refractivity contribution in [1.29, 1.82) is 0 Å². The van der Waals surface area contributed by atoms with Gasteiger partial charge in [0.2, 0.25) is 0 Å². The Morgan fingerprint density at radius 2 is 1.96 bits per heavy atom. The Balaban J connectivity index is 2.17. The first-order valence-corrected chi connectivity index (χ1v) is 9.35. The number of cyclic esters (lactones) is 1. The molecule has 0 radical (unpaired) electrons. The maximum Gasteiger partial charge on any atom is 0.424 e. The maximum atomic E-state index is 12.7. The van der Waals surface area contributed by atoms with E-state index >= 15 is 0 Å². The highest BCUT2D eigenvalue weighted by atomic mass is 32.2. The van der Waals surface area contributed by atoms with Gasteiger partial charge in [-0.3, -0.25) is 0 Å². The van der Waals surface area contributed by atoms with Gasteiger partial charge >= 0.3 is 6.09 Å². The molecule has 1 atom stereocenters. The number of benzene rings is 1. The molecule has 0 aromatic heterocycles. The van der Waals surface area contributed by atoms with Crippen LogP contribution in [0.1, 0.15) is 38.2 Å². The van der Waals surface area contributed by atoms with E-state index in [9.17, 15) is 13.2 Å². The Bertz CT molecular complexity index is 664. The summed E-state index contributed by atoms with van der Waals surface area (Å²) in [5.74, 6) is 0. The first-order valence-electron chi connectivity index (χ1n) is 7.91. The number of hydrogen-bond acceptors (Lipinski definition) is 4. The number of nitrogens with zero attached hydrogens (tertiary/aromatic N) is 1. The van der Waals surface area contributed by atoms with Crippen LogP contribution in [0.15, 0.2) is 41.3 Å². The van der Waals surface area contributed by atoms with Crippen LogP contribution in [0.3, 0.4) is 0 Å². The lowest BCUT2D eigenvalue weighted by Gasteiger charge is -2.19. The highest BCUT2D eigenvalue weighted by Crippen LogP contribution is 2.25. The molecule has 6 heteroatoms. The topological polar surface area (TPSA) is 63.7 Å². The summed E-state index contributed by atoms with van der Waals surface area (Å²) in [5.41, 5.74) is 0.959. The van der Waals surface area contributed by atoms with Crippen molar-refractivity contribution in [2.45, 2.75) is 50.5 Å². The van der Waals surface area contributed by atoms with E-state index < -0.39 is 22.2 Å². The summed E-state index contributed by atoms with van der Waals surface area (Å²) in [6, 6.07) is 5.88. The standard InChI is InChI=1S/C17H23NO4S/c1-3-4-5-6-7-8-15-13-22-17(19)18(15)23(20,21)16-11-9-14(2)10-12-16/h7-12,15H,3-6,13H2,1-2H3/b8-7+. The molecule has 1 saturated heterocycles. The number of amides is 1. The van der Waals surface area contributed by atoms with E-state index in [4.69, 9.17) is 4.74 Å². The molecule has 1 unspecified atom stereocenters. The van der Waals surface area contributed by atoms with E-state index in [1.165, 1.54) is 12.1 Å². The number of aryl methyl sites for hydroxylation is 1. The molecule has 0 aliphatic carbocycles. The van der Waals surface area contributed by atoms with Gasteiger partial charge in [-0.2, -0.15) is 4.31 Å². The van der Waals surface area contributed by atoms with E-state index in [0.717, 1.165) is 35.6 Å². The van der Waals surface area contributed by atoms with Gasteiger partial charge in [0.25, 0.3) is 10.0 Å². The van der Waals surface area contributed by atoms with Gasteiger partial charge in [0.15, 0.2) is 0 Å². The summed E-state index contributed by atoms with van der Waals surface area (Å²) in [5, 5.41) is 0. The Morgan fingerprint density at radius 1 is 1.26 bits per heavy atom. The highest BCUT2D eigenvalue weighted by Gasteiger charge is 2.41. The molecule has 126 valence electrons. The van der Waals surface area contributed by atoms with Gasteiger partial charge < -0.3 is 4.74 Å². The number of hydrogen-bond donors (Lipinski definition) is 0. The van der Waals surface area contributed by atoms with Crippen molar-refractivity contribution in [2.24, 2.45) is 0 Å². The van der Waals surface area contributed by atoms with Crippen LogP contribution in [0.4, 0.5) is 4.79 Å². The fourth-order valence-electron chi connectivity index (χ4n) is 2.42. The molecule has 1 aromatic carbocycles. The molecular formula is C17H23NO4S. The number of carbonyl (C=O) groups is 1. The Kier molecular flexibility index (Phi) is 5.82. The molecule has 1 aliphatic rings. The van der Waals surface area contributed by atoms with Gasteiger partial charge in [0.05, 0.1) is 4.90 Å². The minimum atomic E-state index is -3.89. The quantitative estimate of drug-likeness (QED) is 0.563. The van der Waals surface area contributed by atoms with Crippen molar-refractivity contribution in [3.05, 3.63) is 42.0 Å². The number of ether oxygens (including phenoxy) is 1. The third-order valence-corrected chi connectivity index (χ3v) is 5.57. The molecule has 0 N–H and O–H groups in total. The predicted molar refractivity (Wildman–Crippen MR) is 88.6 cm³/mol. The second-order valence-corrected chi connectivity index (χ2v) is 7.50. The minimum absolute atomic E-state index is 0.0637. The van der Waals surface area contributed by atoms with Crippen molar-refractivity contribution in [3.8, 4) is 0 Å². The number of allylic oxidation sites excluding steroid dienone is 1. The molecule has 0 bridgehead atoms. The zero-order valence-corrected chi connectivity index (χ0v) is 14.4. The summed E-state index contributed by atoms with van der Waals surface area (Å²) in [7, 11) is -3.89. The zero-order chi connectivity index (χ0) is 16.9. The van der Waals surface area contributed by atoms with E-state index in [1.807, 2.05) is 13.0 Å². The number of rotatable bonds is 7. The van der Waals surface area contributed by atoms with Gasteiger partial charge in [-0.25, -0.2) is 13.2 Å². The first-order chi connectivity index (χ1) is 11.0. The average molecular weight is 337 g/mol. The minimum Gasteiger partial charge on any atom is -0.446 e. The molecule has 1 amide bonds. The Morgan fingerprint density at radius 3 is 2.61 bits per heavy atom. The molecule has 1 aliphatic heterocycles. The third kappa shape index (κ3) is 4.13. The van der Waals surface area contributed by atoms with Gasteiger partial charge in [-0.15, -0.1) is 0 Å². The largest absolute Gasteiger partial charge is 0.446 e. The number of sulfonamides is 1. The molecule has 23 heavy (non-hydrogen) atoms. The van der Waals surface area contributed by atoms with Crippen molar-refractivity contribution < 1.29 is 17.9 Å². The smallest absolute Gasteiger partial charge is 0.424 e. The Hall–Kier alpha value is -1.82. The van der Waals surface area contributed by atoms with Crippen LogP contribution >= 0.6 is 0 Å². The van der Waals surface area contributed by atoms with Crippen LogP contribution in [0.5, 0.6) is 0 Å². The number of carbonyl (C=O) groups excluding carboxylic acids is 1. The van der Waals surface area contributed by atoms with Gasteiger partial charge in [0, 0.05) is 0 Å². The molecular weight excluding hydrogens is 314 g/mol. The van der Waals surface area contributed by atoms with Crippen molar-refractivity contribution >= 4 is 16.1 Å². The summed E-state index contributed by atoms with van der Waals surface area (Å²) in [6.45, 7) is 4.07.